The van der Waals surface area contributed by atoms with Crippen molar-refractivity contribution < 1.29 is 0 Å². The molecule has 0 amide bonds. The predicted molar refractivity (Wildman–Crippen MR) is 43.4 cm³/mol. The van der Waals surface area contributed by atoms with Crippen molar-refractivity contribution in [1.82, 2.24) is 5.32 Å². The lowest BCUT2D eigenvalue weighted by molar-refractivity contribution is 0.0919. The van der Waals surface area contributed by atoms with Gasteiger partial charge in [-0.1, -0.05) is 0 Å². The second-order valence-corrected chi connectivity index (χ2v) is 4.16. The Hall–Kier alpha value is 0.250. The Bertz CT molecular complexity index is 121. The molecule has 58 valence electrons. The van der Waals surface area contributed by atoms with Crippen molar-refractivity contribution in [1.29, 1.82) is 0 Å². The largest absolute Gasteiger partial charge is 0.316 e. The summed E-state index contributed by atoms with van der Waals surface area (Å²) in [7, 11) is 0. The SMILES string of the molecule is ClCC1CC2(CCNC2)C1. The summed E-state index contributed by atoms with van der Waals surface area (Å²) in [6, 6.07) is 0. The second kappa shape index (κ2) is 2.38. The first-order valence-electron chi connectivity index (χ1n) is 4.11. The van der Waals surface area contributed by atoms with Crippen molar-refractivity contribution in [3.63, 3.8) is 0 Å². The normalized spacial score (nSPS) is 45.9. The molecule has 0 atom stereocenters. The highest BCUT2D eigenvalue weighted by Crippen LogP contribution is 2.49. The zero-order valence-corrected chi connectivity index (χ0v) is 6.95. The highest BCUT2D eigenvalue weighted by Gasteiger charge is 2.44. The van der Waals surface area contributed by atoms with Gasteiger partial charge in [-0.3, -0.25) is 0 Å². The van der Waals surface area contributed by atoms with E-state index in [9.17, 15) is 0 Å². The molecule has 2 rings (SSSR count). The first kappa shape index (κ1) is 6.93. The summed E-state index contributed by atoms with van der Waals surface area (Å²) >= 11 is 5.74. The maximum atomic E-state index is 5.74. The molecule has 1 saturated heterocycles. The van der Waals surface area contributed by atoms with Crippen LogP contribution in [0.3, 0.4) is 0 Å². The summed E-state index contributed by atoms with van der Waals surface area (Å²) < 4.78 is 0. The van der Waals surface area contributed by atoms with Crippen molar-refractivity contribution in [3.05, 3.63) is 0 Å². The fourth-order valence-electron chi connectivity index (χ4n) is 2.42. The second-order valence-electron chi connectivity index (χ2n) is 3.86. The van der Waals surface area contributed by atoms with Crippen LogP contribution < -0.4 is 5.32 Å². The summed E-state index contributed by atoms with van der Waals surface area (Å²) in [6.07, 6.45) is 4.15. The highest BCUT2D eigenvalue weighted by atomic mass is 35.5. The van der Waals surface area contributed by atoms with E-state index in [1.54, 1.807) is 0 Å². The van der Waals surface area contributed by atoms with Crippen LogP contribution in [0.2, 0.25) is 0 Å². The van der Waals surface area contributed by atoms with Crippen LogP contribution in [0.4, 0.5) is 0 Å². The lowest BCUT2D eigenvalue weighted by Gasteiger charge is -2.44. The van der Waals surface area contributed by atoms with Crippen LogP contribution in [-0.4, -0.2) is 19.0 Å². The van der Waals surface area contributed by atoms with Crippen LogP contribution in [0.1, 0.15) is 19.3 Å². The van der Waals surface area contributed by atoms with E-state index in [1.807, 2.05) is 0 Å². The molecule has 0 radical (unpaired) electrons. The number of alkyl halides is 1. The van der Waals surface area contributed by atoms with Crippen LogP contribution >= 0.6 is 11.6 Å². The van der Waals surface area contributed by atoms with E-state index in [-0.39, 0.29) is 0 Å². The molecule has 2 aliphatic rings. The molecule has 2 fully saturated rings. The van der Waals surface area contributed by atoms with Crippen molar-refractivity contribution in [2.75, 3.05) is 19.0 Å². The standard InChI is InChI=1S/C8H14ClN/c9-5-7-3-8(4-7)1-2-10-6-8/h7,10H,1-6H2. The molecule has 0 unspecified atom stereocenters. The van der Waals surface area contributed by atoms with E-state index in [2.05, 4.69) is 5.32 Å². The van der Waals surface area contributed by atoms with E-state index in [4.69, 9.17) is 11.6 Å². The monoisotopic (exact) mass is 159 g/mol. The third-order valence-corrected chi connectivity index (χ3v) is 3.43. The van der Waals surface area contributed by atoms with E-state index in [1.165, 1.54) is 32.4 Å². The average molecular weight is 160 g/mol. The summed E-state index contributed by atoms with van der Waals surface area (Å²) in [5.41, 5.74) is 0.694. The molecule has 0 aromatic carbocycles. The van der Waals surface area contributed by atoms with Crippen LogP contribution in [0.25, 0.3) is 0 Å². The molecule has 1 saturated carbocycles. The molecule has 1 heterocycles. The first-order valence-corrected chi connectivity index (χ1v) is 4.65. The Morgan fingerprint density at radius 2 is 2.30 bits per heavy atom. The fourth-order valence-corrected chi connectivity index (χ4v) is 2.64. The van der Waals surface area contributed by atoms with Crippen LogP contribution in [0.5, 0.6) is 0 Å². The van der Waals surface area contributed by atoms with Gasteiger partial charge in [-0.2, -0.15) is 0 Å². The zero-order valence-electron chi connectivity index (χ0n) is 6.20. The van der Waals surface area contributed by atoms with Crippen LogP contribution in [-0.2, 0) is 0 Å². The quantitative estimate of drug-likeness (QED) is 0.574. The van der Waals surface area contributed by atoms with E-state index in [0.717, 1.165) is 11.8 Å². The molecule has 1 nitrogen and oxygen atoms in total. The number of hydrogen-bond acceptors (Lipinski definition) is 1. The Labute approximate surface area is 67.1 Å². The fraction of sp³-hybridized carbons (Fsp3) is 1.00. The summed E-state index contributed by atoms with van der Waals surface area (Å²) in [6.45, 7) is 2.48. The van der Waals surface area contributed by atoms with Crippen LogP contribution in [0, 0.1) is 11.3 Å². The van der Waals surface area contributed by atoms with Gasteiger partial charge in [-0.25, -0.2) is 0 Å². The molecule has 0 aromatic heterocycles. The predicted octanol–water partition coefficient (Wildman–Crippen LogP) is 1.61. The number of hydrogen-bond donors (Lipinski definition) is 1. The Morgan fingerprint density at radius 3 is 2.80 bits per heavy atom. The van der Waals surface area contributed by atoms with Gasteiger partial charge in [-0.05, 0) is 37.1 Å². The summed E-state index contributed by atoms with van der Waals surface area (Å²) in [5, 5.41) is 3.42. The van der Waals surface area contributed by atoms with Crippen molar-refractivity contribution in [3.8, 4) is 0 Å². The van der Waals surface area contributed by atoms with Gasteiger partial charge in [0.2, 0.25) is 0 Å². The van der Waals surface area contributed by atoms with Gasteiger partial charge in [-0.15, -0.1) is 11.6 Å². The zero-order chi connectivity index (χ0) is 7.03. The Kier molecular flexibility index (Phi) is 1.65. The van der Waals surface area contributed by atoms with Gasteiger partial charge < -0.3 is 5.32 Å². The number of halogens is 1. The van der Waals surface area contributed by atoms with E-state index < -0.39 is 0 Å². The molecule has 1 N–H and O–H groups in total. The molecule has 0 bridgehead atoms. The molecule has 1 aliphatic heterocycles. The lowest BCUT2D eigenvalue weighted by Crippen LogP contribution is -2.39. The lowest BCUT2D eigenvalue weighted by atomic mass is 9.62. The minimum absolute atomic E-state index is 0.694. The first-order chi connectivity index (χ1) is 4.85. The van der Waals surface area contributed by atoms with Crippen LogP contribution in [0.15, 0.2) is 0 Å². The van der Waals surface area contributed by atoms with Gasteiger partial charge in [0, 0.05) is 12.4 Å². The van der Waals surface area contributed by atoms with Gasteiger partial charge in [0.25, 0.3) is 0 Å². The maximum Gasteiger partial charge on any atom is 0.0252 e. The third kappa shape index (κ3) is 0.960. The van der Waals surface area contributed by atoms with Gasteiger partial charge >= 0.3 is 0 Å². The summed E-state index contributed by atoms with van der Waals surface area (Å²) in [5.74, 6) is 1.71. The average Bonchev–Trinajstić information content (AvgIpc) is 2.30. The van der Waals surface area contributed by atoms with E-state index >= 15 is 0 Å². The van der Waals surface area contributed by atoms with Crippen molar-refractivity contribution in [2.24, 2.45) is 11.3 Å². The topological polar surface area (TPSA) is 12.0 Å². The van der Waals surface area contributed by atoms with Crippen molar-refractivity contribution >= 4 is 11.6 Å². The molecule has 2 heteroatoms. The van der Waals surface area contributed by atoms with Crippen molar-refractivity contribution in [2.45, 2.75) is 19.3 Å². The minimum Gasteiger partial charge on any atom is -0.316 e. The minimum atomic E-state index is 0.694. The van der Waals surface area contributed by atoms with Gasteiger partial charge in [0.15, 0.2) is 0 Å². The Morgan fingerprint density at radius 1 is 1.50 bits per heavy atom. The van der Waals surface area contributed by atoms with Gasteiger partial charge in [0.05, 0.1) is 0 Å². The number of rotatable bonds is 1. The van der Waals surface area contributed by atoms with Gasteiger partial charge in [0.1, 0.15) is 0 Å². The molecular formula is C8H14ClN. The Balaban J connectivity index is 1.86. The molecule has 0 aromatic rings. The molecular weight excluding hydrogens is 146 g/mol. The third-order valence-electron chi connectivity index (χ3n) is 2.99. The molecule has 10 heavy (non-hydrogen) atoms. The smallest absolute Gasteiger partial charge is 0.0252 e. The summed E-state index contributed by atoms with van der Waals surface area (Å²) in [4.78, 5) is 0. The molecule has 1 spiro atoms. The van der Waals surface area contributed by atoms with E-state index in [0.29, 0.717) is 5.41 Å². The molecule has 1 aliphatic carbocycles. The maximum absolute atomic E-state index is 5.74. The highest BCUT2D eigenvalue weighted by molar-refractivity contribution is 6.18. The number of nitrogens with one attached hydrogen (secondary N) is 1.